The zero-order chi connectivity index (χ0) is 20.7. The van der Waals surface area contributed by atoms with E-state index in [0.717, 1.165) is 13.0 Å². The number of rotatable bonds is 22. The molecule has 0 unspecified atom stereocenters. The van der Waals surface area contributed by atoms with Crippen LogP contribution in [0.5, 0.6) is 0 Å². The summed E-state index contributed by atoms with van der Waals surface area (Å²) in [7, 11) is 0. The molecule has 0 aliphatic rings. The van der Waals surface area contributed by atoms with Crippen molar-refractivity contribution in [3.63, 3.8) is 0 Å². The predicted octanol–water partition coefficient (Wildman–Crippen LogP) is 6.62. The summed E-state index contributed by atoms with van der Waals surface area (Å²) < 4.78 is 15.9. The van der Waals surface area contributed by atoms with Gasteiger partial charge in [-0.05, 0) is 13.3 Å². The van der Waals surface area contributed by atoms with Crippen LogP contribution in [0, 0.1) is 0 Å². The molecule has 0 aliphatic carbocycles. The molecule has 0 aromatic heterocycles. The number of hydrogen-bond acceptors (Lipinski definition) is 4. The minimum Gasteiger partial charge on any atom is -0.460 e. The van der Waals surface area contributed by atoms with Crippen LogP contribution in [0.4, 0.5) is 0 Å². The first-order valence-electron chi connectivity index (χ1n) is 11.7. The second-order valence-electron chi connectivity index (χ2n) is 7.74. The van der Waals surface area contributed by atoms with Crippen molar-refractivity contribution in [1.29, 1.82) is 0 Å². The minimum atomic E-state index is -0.363. The molecule has 166 valence electrons. The molecule has 4 nitrogen and oxygen atoms in total. The quantitative estimate of drug-likeness (QED) is 0.117. The van der Waals surface area contributed by atoms with Crippen molar-refractivity contribution < 1.29 is 19.0 Å². The zero-order valence-electron chi connectivity index (χ0n) is 18.8. The second-order valence-corrected chi connectivity index (χ2v) is 7.74. The van der Waals surface area contributed by atoms with Gasteiger partial charge in [0, 0.05) is 12.2 Å². The first-order valence-corrected chi connectivity index (χ1v) is 11.7. The molecule has 0 saturated carbocycles. The lowest BCUT2D eigenvalue weighted by Gasteiger charge is -2.07. The lowest BCUT2D eigenvalue weighted by molar-refractivity contribution is -0.140. The Hall–Kier alpha value is -0.870. The van der Waals surface area contributed by atoms with Gasteiger partial charge in [-0.3, -0.25) is 0 Å². The Bertz CT molecular complexity index is 355. The highest BCUT2D eigenvalue weighted by molar-refractivity contribution is 5.86. The van der Waals surface area contributed by atoms with Crippen molar-refractivity contribution in [3.05, 3.63) is 12.2 Å². The monoisotopic (exact) mass is 398 g/mol. The largest absolute Gasteiger partial charge is 0.460 e. The van der Waals surface area contributed by atoms with Gasteiger partial charge in [0.15, 0.2) is 0 Å². The highest BCUT2D eigenvalue weighted by Gasteiger charge is 2.01. The Morgan fingerprint density at radius 2 is 1.00 bits per heavy atom. The van der Waals surface area contributed by atoms with Crippen LogP contribution in [-0.4, -0.2) is 39.0 Å². The maximum atomic E-state index is 11.1. The van der Waals surface area contributed by atoms with Crippen molar-refractivity contribution >= 4 is 5.97 Å². The third-order valence-electron chi connectivity index (χ3n) is 4.82. The second kappa shape index (κ2) is 22.4. The van der Waals surface area contributed by atoms with Crippen LogP contribution in [0.1, 0.15) is 104 Å². The van der Waals surface area contributed by atoms with Crippen LogP contribution in [0.15, 0.2) is 12.2 Å². The van der Waals surface area contributed by atoms with Gasteiger partial charge in [-0.25, -0.2) is 4.79 Å². The zero-order valence-corrected chi connectivity index (χ0v) is 18.8. The van der Waals surface area contributed by atoms with Gasteiger partial charge in [0.05, 0.1) is 19.8 Å². The number of carbonyl (C=O) groups is 1. The molecule has 0 fully saturated rings. The molecule has 0 spiro atoms. The van der Waals surface area contributed by atoms with E-state index in [4.69, 9.17) is 14.2 Å². The molecule has 0 aromatic rings. The van der Waals surface area contributed by atoms with Crippen LogP contribution in [0.2, 0.25) is 0 Å². The molecule has 0 heterocycles. The first-order chi connectivity index (χ1) is 13.7. The SMILES string of the molecule is C=C(C)C(=O)OCCOCCOCCCCCCCCCCCCCCCC. The van der Waals surface area contributed by atoms with Crippen LogP contribution in [-0.2, 0) is 19.0 Å². The molecule has 0 rings (SSSR count). The Balaban J connectivity index is 3.05. The average Bonchev–Trinajstić information content (AvgIpc) is 2.68. The maximum absolute atomic E-state index is 11.1. The number of ether oxygens (including phenoxy) is 3. The van der Waals surface area contributed by atoms with Gasteiger partial charge in [0.2, 0.25) is 0 Å². The van der Waals surface area contributed by atoms with Crippen LogP contribution in [0.3, 0.4) is 0 Å². The molecule has 0 aromatic carbocycles. The number of unbranched alkanes of at least 4 members (excludes halogenated alkanes) is 13. The molecule has 0 bridgehead atoms. The normalized spacial score (nSPS) is 10.9. The van der Waals surface area contributed by atoms with Crippen molar-refractivity contribution in [2.75, 3.05) is 33.0 Å². The Kier molecular flexibility index (Phi) is 21.7. The summed E-state index contributed by atoms with van der Waals surface area (Å²) in [6.07, 6.45) is 19.2. The van der Waals surface area contributed by atoms with Gasteiger partial charge in [0.25, 0.3) is 0 Å². The fourth-order valence-corrected chi connectivity index (χ4v) is 3.04. The van der Waals surface area contributed by atoms with E-state index >= 15 is 0 Å². The summed E-state index contributed by atoms with van der Waals surface area (Å²) in [5.74, 6) is -0.363. The molecule has 0 atom stereocenters. The van der Waals surface area contributed by atoms with Crippen LogP contribution in [0.25, 0.3) is 0 Å². The Morgan fingerprint density at radius 3 is 1.46 bits per heavy atom. The maximum Gasteiger partial charge on any atom is 0.333 e. The van der Waals surface area contributed by atoms with E-state index in [2.05, 4.69) is 13.5 Å². The fraction of sp³-hybridized carbons (Fsp3) is 0.875. The summed E-state index contributed by atoms with van der Waals surface area (Å²) in [5.41, 5.74) is 0.413. The molecule has 0 N–H and O–H groups in total. The predicted molar refractivity (Wildman–Crippen MR) is 118 cm³/mol. The highest BCUT2D eigenvalue weighted by atomic mass is 16.6. The number of esters is 1. The minimum absolute atomic E-state index is 0.269. The molecular formula is C24H46O4. The van der Waals surface area contributed by atoms with Gasteiger partial charge in [0.1, 0.15) is 6.61 Å². The third-order valence-corrected chi connectivity index (χ3v) is 4.82. The van der Waals surface area contributed by atoms with E-state index < -0.39 is 0 Å². The molecular weight excluding hydrogens is 352 g/mol. The topological polar surface area (TPSA) is 44.8 Å². The summed E-state index contributed by atoms with van der Waals surface area (Å²) in [6.45, 7) is 10.1. The molecule has 0 amide bonds. The molecule has 0 aliphatic heterocycles. The number of carbonyl (C=O) groups excluding carboxylic acids is 1. The van der Waals surface area contributed by atoms with E-state index in [0.29, 0.717) is 25.4 Å². The highest BCUT2D eigenvalue weighted by Crippen LogP contribution is 2.12. The van der Waals surface area contributed by atoms with E-state index in [-0.39, 0.29) is 12.6 Å². The fourth-order valence-electron chi connectivity index (χ4n) is 3.04. The van der Waals surface area contributed by atoms with Gasteiger partial charge < -0.3 is 14.2 Å². The van der Waals surface area contributed by atoms with E-state index in [1.165, 1.54) is 83.5 Å². The third kappa shape index (κ3) is 21.4. The van der Waals surface area contributed by atoms with Crippen molar-refractivity contribution in [2.24, 2.45) is 0 Å². The Morgan fingerprint density at radius 1 is 0.607 bits per heavy atom. The smallest absolute Gasteiger partial charge is 0.333 e. The van der Waals surface area contributed by atoms with Crippen molar-refractivity contribution in [1.82, 2.24) is 0 Å². The molecule has 0 radical (unpaired) electrons. The van der Waals surface area contributed by atoms with E-state index in [9.17, 15) is 4.79 Å². The van der Waals surface area contributed by atoms with E-state index in [1.54, 1.807) is 6.92 Å². The summed E-state index contributed by atoms with van der Waals surface area (Å²) in [6, 6.07) is 0. The summed E-state index contributed by atoms with van der Waals surface area (Å²) in [5, 5.41) is 0. The van der Waals surface area contributed by atoms with Crippen molar-refractivity contribution in [3.8, 4) is 0 Å². The molecule has 28 heavy (non-hydrogen) atoms. The first kappa shape index (κ1) is 27.1. The average molecular weight is 399 g/mol. The van der Waals surface area contributed by atoms with Gasteiger partial charge in [-0.1, -0.05) is 97.0 Å². The Labute approximate surface area is 174 Å². The van der Waals surface area contributed by atoms with Gasteiger partial charge >= 0.3 is 5.97 Å². The van der Waals surface area contributed by atoms with Crippen molar-refractivity contribution in [2.45, 2.75) is 104 Å². The van der Waals surface area contributed by atoms with Crippen LogP contribution < -0.4 is 0 Å². The summed E-state index contributed by atoms with van der Waals surface area (Å²) >= 11 is 0. The van der Waals surface area contributed by atoms with Gasteiger partial charge in [-0.15, -0.1) is 0 Å². The lowest BCUT2D eigenvalue weighted by Crippen LogP contribution is -2.13. The molecule has 4 heteroatoms. The van der Waals surface area contributed by atoms with Crippen LogP contribution >= 0.6 is 0 Å². The standard InChI is InChI=1S/C24H46O4/c1-4-5-6-7-8-9-10-11-12-13-14-15-16-17-18-26-19-20-27-21-22-28-24(25)23(2)3/h2,4-22H2,1,3H3. The summed E-state index contributed by atoms with van der Waals surface area (Å²) in [4.78, 5) is 11.1. The van der Waals surface area contributed by atoms with Gasteiger partial charge in [-0.2, -0.15) is 0 Å². The lowest BCUT2D eigenvalue weighted by atomic mass is 10.0. The molecule has 0 saturated heterocycles. The number of hydrogen-bond donors (Lipinski definition) is 0. The van der Waals surface area contributed by atoms with E-state index in [1.807, 2.05) is 0 Å².